The fourth-order valence-electron chi connectivity index (χ4n) is 1.26. The van der Waals surface area contributed by atoms with E-state index in [9.17, 15) is 0 Å². The molecule has 0 fully saturated rings. The van der Waals surface area contributed by atoms with Gasteiger partial charge in [-0.3, -0.25) is 4.68 Å². The number of aromatic nitrogens is 2. The van der Waals surface area contributed by atoms with Gasteiger partial charge < -0.3 is 0 Å². The average Bonchev–Trinajstić information content (AvgIpc) is 2.26. The summed E-state index contributed by atoms with van der Waals surface area (Å²) in [6.07, 6.45) is 3.68. The van der Waals surface area contributed by atoms with Gasteiger partial charge in [0.2, 0.25) is 0 Å². The van der Waals surface area contributed by atoms with Crippen molar-refractivity contribution < 1.29 is 0 Å². The fraction of sp³-hybridized carbons (Fsp3) is 0.667. The molecule has 0 radical (unpaired) electrons. The van der Waals surface area contributed by atoms with Crippen molar-refractivity contribution in [2.75, 3.05) is 0 Å². The van der Waals surface area contributed by atoms with Crippen LogP contribution in [0.5, 0.6) is 0 Å². The second-order valence-corrected chi connectivity index (χ2v) is 3.00. The Morgan fingerprint density at radius 1 is 1.55 bits per heavy atom. The zero-order chi connectivity index (χ0) is 8.27. The normalized spacial score (nSPS) is 10.5. The van der Waals surface area contributed by atoms with E-state index in [0.29, 0.717) is 0 Å². The SMILES string of the molecule is CCCCc1cc(C)nn1C. The summed E-state index contributed by atoms with van der Waals surface area (Å²) in [5.41, 5.74) is 2.47. The highest BCUT2D eigenvalue weighted by Gasteiger charge is 1.99. The van der Waals surface area contributed by atoms with E-state index in [1.807, 2.05) is 18.7 Å². The molecule has 1 aromatic heterocycles. The lowest BCUT2D eigenvalue weighted by molar-refractivity contribution is 0.673. The molecule has 1 aromatic rings. The van der Waals surface area contributed by atoms with Crippen molar-refractivity contribution in [1.29, 1.82) is 0 Å². The highest BCUT2D eigenvalue weighted by molar-refractivity contribution is 5.08. The first-order valence-electron chi connectivity index (χ1n) is 4.23. The third-order valence-electron chi connectivity index (χ3n) is 1.89. The Balaban J connectivity index is 2.62. The molecule has 1 heterocycles. The third-order valence-corrected chi connectivity index (χ3v) is 1.89. The maximum Gasteiger partial charge on any atom is 0.0596 e. The van der Waals surface area contributed by atoms with Gasteiger partial charge in [-0.1, -0.05) is 13.3 Å². The van der Waals surface area contributed by atoms with Gasteiger partial charge in [0.15, 0.2) is 0 Å². The maximum atomic E-state index is 4.28. The van der Waals surface area contributed by atoms with Crippen LogP contribution in [0.25, 0.3) is 0 Å². The third kappa shape index (κ3) is 2.07. The van der Waals surface area contributed by atoms with Crippen molar-refractivity contribution in [2.45, 2.75) is 33.1 Å². The van der Waals surface area contributed by atoms with Crippen LogP contribution in [-0.4, -0.2) is 9.78 Å². The van der Waals surface area contributed by atoms with Gasteiger partial charge in [-0.15, -0.1) is 0 Å². The van der Waals surface area contributed by atoms with E-state index in [-0.39, 0.29) is 0 Å². The Morgan fingerprint density at radius 3 is 2.73 bits per heavy atom. The number of unbranched alkanes of at least 4 members (excludes halogenated alkanes) is 1. The summed E-state index contributed by atoms with van der Waals surface area (Å²) >= 11 is 0. The predicted octanol–water partition coefficient (Wildman–Crippen LogP) is 2.07. The second kappa shape index (κ2) is 3.56. The Bertz CT molecular complexity index is 225. The predicted molar refractivity (Wildman–Crippen MR) is 46.6 cm³/mol. The summed E-state index contributed by atoms with van der Waals surface area (Å²) in [6.45, 7) is 4.25. The molecule has 0 atom stereocenters. The van der Waals surface area contributed by atoms with Crippen molar-refractivity contribution in [1.82, 2.24) is 9.78 Å². The smallest absolute Gasteiger partial charge is 0.0596 e. The van der Waals surface area contributed by atoms with Crippen molar-refractivity contribution in [3.63, 3.8) is 0 Å². The molecule has 0 amide bonds. The monoisotopic (exact) mass is 152 g/mol. The van der Waals surface area contributed by atoms with Gasteiger partial charge in [0.1, 0.15) is 0 Å². The molecule has 0 saturated carbocycles. The van der Waals surface area contributed by atoms with Crippen molar-refractivity contribution in [3.8, 4) is 0 Å². The molecule has 2 nitrogen and oxygen atoms in total. The van der Waals surface area contributed by atoms with E-state index in [1.165, 1.54) is 18.5 Å². The van der Waals surface area contributed by atoms with Crippen LogP contribution in [-0.2, 0) is 13.5 Å². The summed E-state index contributed by atoms with van der Waals surface area (Å²) in [7, 11) is 2.01. The first kappa shape index (κ1) is 8.31. The van der Waals surface area contributed by atoms with Gasteiger partial charge in [0, 0.05) is 12.7 Å². The molecule has 2 heteroatoms. The minimum absolute atomic E-state index is 1.12. The fourth-order valence-corrected chi connectivity index (χ4v) is 1.26. The summed E-state index contributed by atoms with van der Waals surface area (Å²) in [6, 6.07) is 2.16. The Hall–Kier alpha value is -0.790. The Labute approximate surface area is 68.2 Å². The van der Waals surface area contributed by atoms with Crippen LogP contribution in [0.3, 0.4) is 0 Å². The molecule has 62 valence electrons. The lowest BCUT2D eigenvalue weighted by Crippen LogP contribution is -1.97. The second-order valence-electron chi connectivity index (χ2n) is 3.00. The summed E-state index contributed by atoms with van der Waals surface area (Å²) in [5.74, 6) is 0. The van der Waals surface area contributed by atoms with Crippen LogP contribution in [0.4, 0.5) is 0 Å². The van der Waals surface area contributed by atoms with E-state index in [4.69, 9.17) is 0 Å². The highest BCUT2D eigenvalue weighted by Crippen LogP contribution is 2.05. The molecule has 0 aliphatic heterocycles. The van der Waals surface area contributed by atoms with E-state index in [1.54, 1.807) is 0 Å². The highest BCUT2D eigenvalue weighted by atomic mass is 15.3. The molecule has 0 unspecified atom stereocenters. The van der Waals surface area contributed by atoms with E-state index >= 15 is 0 Å². The molecule has 0 spiro atoms. The average molecular weight is 152 g/mol. The summed E-state index contributed by atoms with van der Waals surface area (Å²) < 4.78 is 1.98. The molecule has 11 heavy (non-hydrogen) atoms. The lowest BCUT2D eigenvalue weighted by Gasteiger charge is -1.98. The topological polar surface area (TPSA) is 17.8 Å². The molecule has 0 aliphatic carbocycles. The lowest BCUT2D eigenvalue weighted by atomic mass is 10.2. The van der Waals surface area contributed by atoms with Gasteiger partial charge in [0.25, 0.3) is 0 Å². The Kier molecular flexibility index (Phi) is 2.69. The molecule has 0 aliphatic rings. The zero-order valence-corrected chi connectivity index (χ0v) is 7.59. The first-order chi connectivity index (χ1) is 5.24. The Morgan fingerprint density at radius 2 is 2.27 bits per heavy atom. The summed E-state index contributed by atoms with van der Waals surface area (Å²) in [5, 5.41) is 4.28. The first-order valence-corrected chi connectivity index (χ1v) is 4.23. The van der Waals surface area contributed by atoms with Gasteiger partial charge in [-0.05, 0) is 25.8 Å². The molecule has 0 bridgehead atoms. The molecule has 1 rings (SSSR count). The molecular weight excluding hydrogens is 136 g/mol. The van der Waals surface area contributed by atoms with Crippen LogP contribution < -0.4 is 0 Å². The van der Waals surface area contributed by atoms with E-state index < -0.39 is 0 Å². The van der Waals surface area contributed by atoms with Gasteiger partial charge in [-0.25, -0.2) is 0 Å². The van der Waals surface area contributed by atoms with Crippen LogP contribution in [0.2, 0.25) is 0 Å². The van der Waals surface area contributed by atoms with E-state index in [0.717, 1.165) is 12.1 Å². The zero-order valence-electron chi connectivity index (χ0n) is 7.59. The molecule has 0 saturated heterocycles. The molecule has 0 aromatic carbocycles. The summed E-state index contributed by atoms with van der Waals surface area (Å²) in [4.78, 5) is 0. The quantitative estimate of drug-likeness (QED) is 0.648. The van der Waals surface area contributed by atoms with Crippen LogP contribution in [0, 0.1) is 6.92 Å². The standard InChI is InChI=1S/C9H16N2/c1-4-5-6-9-7-8(2)10-11(9)3/h7H,4-6H2,1-3H3. The molecular formula is C9H16N2. The van der Waals surface area contributed by atoms with Crippen LogP contribution >= 0.6 is 0 Å². The number of hydrogen-bond donors (Lipinski definition) is 0. The van der Waals surface area contributed by atoms with Crippen molar-refractivity contribution in [3.05, 3.63) is 17.5 Å². The number of aryl methyl sites for hydroxylation is 3. The molecule has 0 N–H and O–H groups in total. The van der Waals surface area contributed by atoms with Crippen LogP contribution in [0.1, 0.15) is 31.2 Å². The van der Waals surface area contributed by atoms with Crippen molar-refractivity contribution >= 4 is 0 Å². The number of hydrogen-bond acceptors (Lipinski definition) is 1. The maximum absolute atomic E-state index is 4.28. The van der Waals surface area contributed by atoms with Gasteiger partial charge in [0.05, 0.1) is 5.69 Å². The van der Waals surface area contributed by atoms with E-state index in [2.05, 4.69) is 18.1 Å². The number of rotatable bonds is 3. The van der Waals surface area contributed by atoms with Crippen molar-refractivity contribution in [2.24, 2.45) is 7.05 Å². The number of nitrogens with zero attached hydrogens (tertiary/aromatic N) is 2. The minimum atomic E-state index is 1.12. The minimum Gasteiger partial charge on any atom is -0.272 e. The van der Waals surface area contributed by atoms with Crippen LogP contribution in [0.15, 0.2) is 6.07 Å². The van der Waals surface area contributed by atoms with Gasteiger partial charge >= 0.3 is 0 Å². The van der Waals surface area contributed by atoms with Gasteiger partial charge in [-0.2, -0.15) is 5.10 Å². The largest absolute Gasteiger partial charge is 0.272 e.